The van der Waals surface area contributed by atoms with Crippen molar-refractivity contribution in [1.82, 2.24) is 14.8 Å². The third kappa shape index (κ3) is 3.78. The number of benzene rings is 2. The van der Waals surface area contributed by atoms with Gasteiger partial charge in [0.2, 0.25) is 0 Å². The second kappa shape index (κ2) is 8.10. The average molecular weight is 397 g/mol. The Morgan fingerprint density at radius 2 is 1.79 bits per heavy atom. The van der Waals surface area contributed by atoms with Crippen LogP contribution in [0.25, 0.3) is 10.8 Å². The fraction of sp³-hybridized carbons (Fsp3) is 0.333. The van der Waals surface area contributed by atoms with Crippen LogP contribution in [0.4, 0.5) is 0 Å². The molecule has 28 heavy (non-hydrogen) atoms. The quantitative estimate of drug-likeness (QED) is 0.615. The Labute approximate surface area is 167 Å². The summed E-state index contributed by atoms with van der Waals surface area (Å²) >= 11 is 6.00. The second-order valence-corrected chi connectivity index (χ2v) is 7.60. The van der Waals surface area contributed by atoms with Crippen molar-refractivity contribution in [2.45, 2.75) is 31.7 Å². The topological polar surface area (TPSA) is 67.6 Å². The minimum absolute atomic E-state index is 0.0344. The number of nitrogens with zero attached hydrogens (tertiary/aromatic N) is 4. The molecule has 6 nitrogen and oxygen atoms in total. The smallest absolute Gasteiger partial charge is 0.267 e. The summed E-state index contributed by atoms with van der Waals surface area (Å²) in [7, 11) is 0. The van der Waals surface area contributed by atoms with Gasteiger partial charge < -0.3 is 0 Å². The number of nitroso groups, excluding NO2 is 1. The molecular weight excluding hydrogens is 376 g/mol. The summed E-state index contributed by atoms with van der Waals surface area (Å²) < 4.78 is 1.63. The highest BCUT2D eigenvalue weighted by molar-refractivity contribution is 6.30. The van der Waals surface area contributed by atoms with Crippen molar-refractivity contribution < 1.29 is 0 Å². The Morgan fingerprint density at radius 1 is 1.04 bits per heavy atom. The lowest BCUT2D eigenvalue weighted by Crippen LogP contribution is -2.29. The first-order valence-electron chi connectivity index (χ1n) is 9.49. The zero-order valence-electron chi connectivity index (χ0n) is 15.4. The average Bonchev–Trinajstić information content (AvgIpc) is 2.97. The van der Waals surface area contributed by atoms with Gasteiger partial charge in [0, 0.05) is 29.9 Å². The van der Waals surface area contributed by atoms with E-state index >= 15 is 0 Å². The molecule has 2 heterocycles. The first-order chi connectivity index (χ1) is 13.7. The molecule has 7 heteroatoms. The van der Waals surface area contributed by atoms with Gasteiger partial charge in [-0.05, 0) is 43.0 Å². The minimum Gasteiger partial charge on any atom is -0.267 e. The van der Waals surface area contributed by atoms with E-state index in [9.17, 15) is 9.70 Å². The van der Waals surface area contributed by atoms with Gasteiger partial charge in [-0.2, -0.15) is 5.10 Å². The van der Waals surface area contributed by atoms with Gasteiger partial charge in [0.1, 0.15) is 0 Å². The summed E-state index contributed by atoms with van der Waals surface area (Å²) in [6.45, 7) is 1.17. The standard InChI is InChI=1S/C21H21ClN4O2/c22-16-9-7-15(8-10-16)14-20-18-5-1-2-6-19(18)21(27)26(23-20)17-4-3-12-25(24-28)13-11-17/h1-2,5-10,17H,3-4,11-14H2. The van der Waals surface area contributed by atoms with E-state index in [0.29, 0.717) is 36.3 Å². The van der Waals surface area contributed by atoms with Crippen LogP contribution >= 0.6 is 11.6 Å². The Morgan fingerprint density at radius 3 is 2.54 bits per heavy atom. The molecule has 0 N–H and O–H groups in total. The van der Waals surface area contributed by atoms with E-state index in [0.717, 1.165) is 29.5 Å². The Kier molecular flexibility index (Phi) is 5.39. The van der Waals surface area contributed by atoms with E-state index in [1.807, 2.05) is 48.5 Å². The molecule has 0 amide bonds. The van der Waals surface area contributed by atoms with Crippen LogP contribution in [0.1, 0.15) is 36.6 Å². The third-order valence-electron chi connectivity index (χ3n) is 5.33. The minimum atomic E-state index is -0.0760. The molecule has 144 valence electrons. The molecule has 1 aromatic heterocycles. The van der Waals surface area contributed by atoms with E-state index in [1.165, 1.54) is 5.01 Å². The summed E-state index contributed by atoms with van der Waals surface area (Å²) in [6.07, 6.45) is 2.91. The van der Waals surface area contributed by atoms with Crippen LogP contribution in [0, 0.1) is 4.91 Å². The second-order valence-electron chi connectivity index (χ2n) is 7.17. The van der Waals surface area contributed by atoms with Gasteiger partial charge in [-0.1, -0.05) is 41.9 Å². The zero-order chi connectivity index (χ0) is 19.5. The van der Waals surface area contributed by atoms with Gasteiger partial charge in [0.25, 0.3) is 5.56 Å². The molecule has 1 aliphatic rings. The van der Waals surface area contributed by atoms with E-state index in [1.54, 1.807) is 4.68 Å². The predicted octanol–water partition coefficient (Wildman–Crippen LogP) is 4.35. The van der Waals surface area contributed by atoms with Gasteiger partial charge in [0.15, 0.2) is 0 Å². The van der Waals surface area contributed by atoms with Crippen LogP contribution in [-0.2, 0) is 6.42 Å². The maximum absolute atomic E-state index is 13.1. The first kappa shape index (κ1) is 18.6. The highest BCUT2D eigenvalue weighted by Gasteiger charge is 2.22. The predicted molar refractivity (Wildman–Crippen MR) is 111 cm³/mol. The summed E-state index contributed by atoms with van der Waals surface area (Å²) in [6, 6.07) is 15.3. The molecule has 0 spiro atoms. The Hall–Kier alpha value is -2.73. The van der Waals surface area contributed by atoms with E-state index < -0.39 is 0 Å². The van der Waals surface area contributed by atoms with Gasteiger partial charge >= 0.3 is 0 Å². The van der Waals surface area contributed by atoms with Crippen molar-refractivity contribution in [3.8, 4) is 0 Å². The van der Waals surface area contributed by atoms with Gasteiger partial charge in [-0.3, -0.25) is 9.80 Å². The largest absolute Gasteiger partial charge is 0.274 e. The van der Waals surface area contributed by atoms with Crippen LogP contribution in [0.3, 0.4) is 0 Å². The molecule has 1 unspecified atom stereocenters. The molecule has 1 fully saturated rings. The fourth-order valence-electron chi connectivity index (χ4n) is 3.84. The molecule has 1 aliphatic heterocycles. The van der Waals surface area contributed by atoms with Crippen LogP contribution in [-0.4, -0.2) is 27.9 Å². The summed E-state index contributed by atoms with van der Waals surface area (Å²) in [5.74, 6) is 0. The first-order valence-corrected chi connectivity index (χ1v) is 9.86. The van der Waals surface area contributed by atoms with Crippen molar-refractivity contribution in [3.63, 3.8) is 0 Å². The zero-order valence-corrected chi connectivity index (χ0v) is 16.2. The summed E-state index contributed by atoms with van der Waals surface area (Å²) in [5.41, 5.74) is 1.88. The van der Waals surface area contributed by atoms with Crippen molar-refractivity contribution in [1.29, 1.82) is 0 Å². The molecule has 1 atom stereocenters. The van der Waals surface area contributed by atoms with Crippen LogP contribution in [0.15, 0.2) is 58.6 Å². The molecule has 1 saturated heterocycles. The van der Waals surface area contributed by atoms with Crippen molar-refractivity contribution in [2.24, 2.45) is 5.29 Å². The number of aromatic nitrogens is 2. The highest BCUT2D eigenvalue weighted by Crippen LogP contribution is 2.24. The van der Waals surface area contributed by atoms with Gasteiger partial charge in [0.05, 0.1) is 22.4 Å². The number of hydrogen-bond acceptors (Lipinski definition) is 4. The van der Waals surface area contributed by atoms with Crippen LogP contribution in [0.2, 0.25) is 5.02 Å². The maximum atomic E-state index is 13.1. The highest BCUT2D eigenvalue weighted by atomic mass is 35.5. The van der Waals surface area contributed by atoms with E-state index in [4.69, 9.17) is 16.7 Å². The van der Waals surface area contributed by atoms with E-state index in [-0.39, 0.29) is 11.6 Å². The Balaban J connectivity index is 1.76. The molecule has 4 rings (SSSR count). The van der Waals surface area contributed by atoms with Gasteiger partial charge in [-0.25, -0.2) is 4.68 Å². The molecule has 0 radical (unpaired) electrons. The summed E-state index contributed by atoms with van der Waals surface area (Å²) in [5, 5.41) is 11.6. The SMILES string of the molecule is O=NN1CCCC(n2nc(Cc3ccc(Cl)cc3)c3ccccc3c2=O)CC1. The summed E-state index contributed by atoms with van der Waals surface area (Å²) in [4.78, 5) is 24.0. The molecular formula is C21H21ClN4O2. The number of halogens is 1. The maximum Gasteiger partial charge on any atom is 0.274 e. The van der Waals surface area contributed by atoms with Crippen LogP contribution in [0.5, 0.6) is 0 Å². The number of hydrogen-bond donors (Lipinski definition) is 0. The van der Waals surface area contributed by atoms with E-state index in [2.05, 4.69) is 5.29 Å². The molecule has 0 aliphatic carbocycles. The third-order valence-corrected chi connectivity index (χ3v) is 5.58. The number of fused-ring (bicyclic) bond motifs is 1. The fourth-order valence-corrected chi connectivity index (χ4v) is 3.96. The molecule has 2 aromatic carbocycles. The molecule has 0 saturated carbocycles. The van der Waals surface area contributed by atoms with Gasteiger partial charge in [-0.15, -0.1) is 4.91 Å². The lowest BCUT2D eigenvalue weighted by atomic mass is 10.0. The number of rotatable bonds is 4. The van der Waals surface area contributed by atoms with Crippen molar-refractivity contribution in [3.05, 3.63) is 80.1 Å². The van der Waals surface area contributed by atoms with Crippen molar-refractivity contribution >= 4 is 22.4 Å². The lowest BCUT2D eigenvalue weighted by Gasteiger charge is -2.19. The molecule has 3 aromatic rings. The lowest BCUT2D eigenvalue weighted by molar-refractivity contribution is 0.288. The molecule has 0 bridgehead atoms. The normalized spacial score (nSPS) is 17.5. The van der Waals surface area contributed by atoms with Crippen LogP contribution < -0.4 is 5.56 Å². The Bertz CT molecular complexity index is 1050. The van der Waals surface area contributed by atoms with Crippen molar-refractivity contribution in [2.75, 3.05) is 13.1 Å². The monoisotopic (exact) mass is 396 g/mol.